The summed E-state index contributed by atoms with van der Waals surface area (Å²) in [6.07, 6.45) is 4.19. The lowest BCUT2D eigenvalue weighted by atomic mass is 9.79. The lowest BCUT2D eigenvalue weighted by Gasteiger charge is -2.49. The lowest BCUT2D eigenvalue weighted by Crippen LogP contribution is -2.62. The van der Waals surface area contributed by atoms with Gasteiger partial charge in [0, 0.05) is 36.8 Å². The number of hydrogen-bond donors (Lipinski definition) is 1. The second-order valence-corrected chi connectivity index (χ2v) is 8.69. The summed E-state index contributed by atoms with van der Waals surface area (Å²) >= 11 is 0. The van der Waals surface area contributed by atoms with E-state index in [1.54, 1.807) is 0 Å². The summed E-state index contributed by atoms with van der Waals surface area (Å²) in [5, 5.41) is 3.28. The van der Waals surface area contributed by atoms with Crippen molar-refractivity contribution in [2.24, 2.45) is 5.92 Å². The highest BCUT2D eigenvalue weighted by Gasteiger charge is 2.40. The fraction of sp³-hybridized carbons (Fsp3) is 0.500. The van der Waals surface area contributed by atoms with Crippen LogP contribution in [0.2, 0.25) is 0 Å². The van der Waals surface area contributed by atoms with Gasteiger partial charge in [0.05, 0.1) is 25.1 Å². The van der Waals surface area contributed by atoms with E-state index >= 15 is 0 Å². The maximum atomic E-state index is 12.8. The number of anilines is 1. The first-order chi connectivity index (χ1) is 15.2. The van der Waals surface area contributed by atoms with Crippen LogP contribution in [0.1, 0.15) is 30.1 Å². The summed E-state index contributed by atoms with van der Waals surface area (Å²) in [6.45, 7) is 7.79. The quantitative estimate of drug-likeness (QED) is 0.799. The van der Waals surface area contributed by atoms with E-state index < -0.39 is 0 Å². The first-order valence-electron chi connectivity index (χ1n) is 11.3. The monoisotopic (exact) mass is 422 g/mol. The molecule has 31 heavy (non-hydrogen) atoms. The second-order valence-electron chi connectivity index (χ2n) is 8.69. The van der Waals surface area contributed by atoms with Crippen molar-refractivity contribution in [1.29, 1.82) is 0 Å². The summed E-state index contributed by atoms with van der Waals surface area (Å²) in [5.74, 6) is 1.79. The molecule has 4 fully saturated rings. The molecule has 4 saturated heterocycles. The molecule has 164 valence electrons. The van der Waals surface area contributed by atoms with Crippen LogP contribution in [-0.4, -0.2) is 67.3 Å². The topological polar surface area (TPSA) is 66.9 Å². The zero-order valence-corrected chi connectivity index (χ0v) is 18.0. The number of rotatable bonds is 5. The standard InChI is InChI=1S/C24H30N4O3/c1-17-23(18-8-10-27(17)11-9-18)26-24(29)19-2-5-21(6-3-19)31-22-7-4-20(16-25-22)28-12-14-30-15-13-28/h2-7,16-18,23H,8-15H2,1H3,(H,26,29)/t17-,23-/m0/s1. The molecule has 0 saturated carbocycles. The Balaban J connectivity index is 1.18. The van der Waals surface area contributed by atoms with Gasteiger partial charge in [-0.25, -0.2) is 4.98 Å². The Morgan fingerprint density at radius 1 is 1.06 bits per heavy atom. The van der Waals surface area contributed by atoms with Crippen molar-refractivity contribution < 1.29 is 14.3 Å². The molecule has 6 rings (SSSR count). The number of nitrogens with zero attached hydrogens (tertiary/aromatic N) is 3. The number of aromatic nitrogens is 1. The number of hydrogen-bond acceptors (Lipinski definition) is 6. The van der Waals surface area contributed by atoms with E-state index in [-0.39, 0.29) is 11.9 Å². The van der Waals surface area contributed by atoms with Crippen LogP contribution >= 0.6 is 0 Å². The average molecular weight is 423 g/mol. The predicted octanol–water partition coefficient (Wildman–Crippen LogP) is 2.92. The maximum absolute atomic E-state index is 12.8. The van der Waals surface area contributed by atoms with Gasteiger partial charge in [0.15, 0.2) is 0 Å². The van der Waals surface area contributed by atoms with Crippen molar-refractivity contribution in [3.05, 3.63) is 48.2 Å². The van der Waals surface area contributed by atoms with Crippen molar-refractivity contribution in [3.63, 3.8) is 0 Å². The number of fused-ring (bicyclic) bond motifs is 3. The molecule has 0 unspecified atom stereocenters. The van der Waals surface area contributed by atoms with Gasteiger partial charge in [-0.3, -0.25) is 9.69 Å². The minimum Gasteiger partial charge on any atom is -0.439 e. The summed E-state index contributed by atoms with van der Waals surface area (Å²) in [7, 11) is 0. The van der Waals surface area contributed by atoms with Gasteiger partial charge in [0.1, 0.15) is 5.75 Å². The van der Waals surface area contributed by atoms with Crippen LogP contribution in [0.25, 0.3) is 0 Å². The first-order valence-corrected chi connectivity index (χ1v) is 11.3. The van der Waals surface area contributed by atoms with Gasteiger partial charge in [-0.1, -0.05) is 0 Å². The van der Waals surface area contributed by atoms with Crippen molar-refractivity contribution in [2.75, 3.05) is 44.3 Å². The highest BCUT2D eigenvalue weighted by atomic mass is 16.5. The molecular weight excluding hydrogens is 392 g/mol. The van der Waals surface area contributed by atoms with Crippen molar-refractivity contribution >= 4 is 11.6 Å². The molecule has 0 spiro atoms. The number of nitrogens with one attached hydrogen (secondary N) is 1. The van der Waals surface area contributed by atoms with E-state index in [1.165, 1.54) is 12.8 Å². The Morgan fingerprint density at radius 3 is 2.45 bits per heavy atom. The van der Waals surface area contributed by atoms with E-state index in [4.69, 9.17) is 9.47 Å². The van der Waals surface area contributed by atoms with Crippen LogP contribution in [0, 0.1) is 5.92 Å². The molecule has 4 aliphatic rings. The van der Waals surface area contributed by atoms with Gasteiger partial charge >= 0.3 is 0 Å². The van der Waals surface area contributed by atoms with E-state index in [0.717, 1.165) is 45.1 Å². The smallest absolute Gasteiger partial charge is 0.251 e. The minimum atomic E-state index is -0.00913. The lowest BCUT2D eigenvalue weighted by molar-refractivity contribution is 0.0217. The van der Waals surface area contributed by atoms with Crippen molar-refractivity contribution in [3.8, 4) is 11.6 Å². The molecule has 1 amide bonds. The minimum absolute atomic E-state index is 0.00913. The maximum Gasteiger partial charge on any atom is 0.251 e. The van der Waals surface area contributed by atoms with Gasteiger partial charge in [-0.2, -0.15) is 0 Å². The molecule has 7 nitrogen and oxygen atoms in total. The first kappa shape index (κ1) is 20.3. The van der Waals surface area contributed by atoms with Gasteiger partial charge < -0.3 is 19.7 Å². The molecule has 2 aromatic rings. The number of benzene rings is 1. The highest BCUT2D eigenvalue weighted by molar-refractivity contribution is 5.94. The molecule has 5 heterocycles. The normalized spacial score (nSPS) is 27.7. The number of carbonyl (C=O) groups excluding carboxylic acids is 1. The van der Waals surface area contributed by atoms with E-state index in [1.807, 2.05) is 42.6 Å². The SMILES string of the molecule is C[C@H]1[C@H](NC(=O)c2ccc(Oc3ccc(N4CCOCC4)cn3)cc2)C2CCN1CC2. The van der Waals surface area contributed by atoms with Gasteiger partial charge in [-0.05, 0) is 69.1 Å². The third kappa shape index (κ3) is 4.38. The Labute approximate surface area is 183 Å². The van der Waals surface area contributed by atoms with Crippen LogP contribution in [-0.2, 0) is 4.74 Å². The molecule has 2 atom stereocenters. The summed E-state index contributed by atoms with van der Waals surface area (Å²) in [5.41, 5.74) is 1.73. The Morgan fingerprint density at radius 2 is 1.81 bits per heavy atom. The van der Waals surface area contributed by atoms with Crippen LogP contribution in [0.15, 0.2) is 42.6 Å². The van der Waals surface area contributed by atoms with Crippen molar-refractivity contribution in [2.45, 2.75) is 31.8 Å². The van der Waals surface area contributed by atoms with Crippen LogP contribution < -0.4 is 15.0 Å². The predicted molar refractivity (Wildman–Crippen MR) is 119 cm³/mol. The molecule has 1 aromatic heterocycles. The van der Waals surface area contributed by atoms with Gasteiger partial charge in [0.25, 0.3) is 5.91 Å². The third-order valence-electron chi connectivity index (χ3n) is 6.91. The highest BCUT2D eigenvalue weighted by Crippen LogP contribution is 2.32. The molecule has 1 N–H and O–H groups in total. The number of carbonyl (C=O) groups is 1. The third-order valence-corrected chi connectivity index (χ3v) is 6.91. The van der Waals surface area contributed by atoms with Crippen molar-refractivity contribution in [1.82, 2.24) is 15.2 Å². The largest absolute Gasteiger partial charge is 0.439 e. The van der Waals surface area contributed by atoms with Gasteiger partial charge in [-0.15, -0.1) is 0 Å². The summed E-state index contributed by atoms with van der Waals surface area (Å²) < 4.78 is 11.3. The average Bonchev–Trinajstić information content (AvgIpc) is 2.83. The fourth-order valence-electron chi connectivity index (χ4n) is 5.02. The van der Waals surface area contributed by atoms with Crippen LogP contribution in [0.3, 0.4) is 0 Å². The zero-order valence-electron chi connectivity index (χ0n) is 18.0. The number of morpholine rings is 1. The summed E-state index contributed by atoms with van der Waals surface area (Å²) in [6, 6.07) is 11.8. The zero-order chi connectivity index (χ0) is 21.2. The Hall–Kier alpha value is -2.64. The molecular formula is C24H30N4O3. The number of ether oxygens (including phenoxy) is 2. The number of piperidine rings is 3. The number of pyridine rings is 1. The van der Waals surface area contributed by atoms with Gasteiger partial charge in [0.2, 0.25) is 5.88 Å². The molecule has 4 aliphatic heterocycles. The van der Waals surface area contributed by atoms with E-state index in [9.17, 15) is 4.79 Å². The van der Waals surface area contributed by atoms with Crippen LogP contribution in [0.4, 0.5) is 5.69 Å². The Kier molecular flexibility index (Phi) is 5.78. The van der Waals surface area contributed by atoms with Crippen LogP contribution in [0.5, 0.6) is 11.6 Å². The number of amides is 1. The molecule has 1 aromatic carbocycles. The van der Waals surface area contributed by atoms with E-state index in [2.05, 4.69) is 27.0 Å². The van der Waals surface area contributed by atoms with E-state index in [0.29, 0.717) is 29.2 Å². The molecule has 2 bridgehead atoms. The fourth-order valence-corrected chi connectivity index (χ4v) is 5.02. The molecule has 0 aliphatic carbocycles. The summed E-state index contributed by atoms with van der Waals surface area (Å²) in [4.78, 5) is 22.0. The Bertz CT molecular complexity index is 886. The second kappa shape index (κ2) is 8.85. The molecule has 7 heteroatoms. The molecule has 0 radical (unpaired) electrons.